The molecular formula is C18H21N3O4. The Labute approximate surface area is 145 Å². The van der Waals surface area contributed by atoms with Gasteiger partial charge in [0.2, 0.25) is 0 Å². The number of nitrogens with zero attached hydrogens (tertiary/aromatic N) is 1. The molecule has 25 heavy (non-hydrogen) atoms. The molecule has 0 bridgehead atoms. The van der Waals surface area contributed by atoms with E-state index in [1.807, 2.05) is 18.2 Å². The SMILES string of the molecule is O=C(Nc1cccc(COC[C@@H]2CCCCO2)c1)c1ccc(=O)[nH]n1. The molecule has 1 atom stereocenters. The largest absolute Gasteiger partial charge is 0.376 e. The lowest BCUT2D eigenvalue weighted by Gasteiger charge is -2.22. The van der Waals surface area contributed by atoms with Crippen molar-refractivity contribution in [3.8, 4) is 0 Å². The molecule has 0 aliphatic carbocycles. The van der Waals surface area contributed by atoms with Gasteiger partial charge in [-0.1, -0.05) is 12.1 Å². The molecule has 1 aromatic heterocycles. The van der Waals surface area contributed by atoms with Gasteiger partial charge in [-0.15, -0.1) is 0 Å². The first kappa shape index (κ1) is 17.3. The van der Waals surface area contributed by atoms with Crippen molar-refractivity contribution in [2.75, 3.05) is 18.5 Å². The van der Waals surface area contributed by atoms with E-state index in [1.54, 1.807) is 6.07 Å². The highest BCUT2D eigenvalue weighted by molar-refractivity contribution is 6.02. The molecule has 0 unspecified atom stereocenters. The normalized spacial score (nSPS) is 17.2. The molecule has 0 radical (unpaired) electrons. The molecule has 7 nitrogen and oxygen atoms in total. The quantitative estimate of drug-likeness (QED) is 0.838. The molecule has 1 fully saturated rings. The molecule has 2 N–H and O–H groups in total. The first-order chi connectivity index (χ1) is 12.2. The fraction of sp³-hybridized carbons (Fsp3) is 0.389. The molecule has 1 aromatic carbocycles. The number of ether oxygens (including phenoxy) is 2. The van der Waals surface area contributed by atoms with E-state index < -0.39 is 0 Å². The molecule has 1 amide bonds. The summed E-state index contributed by atoms with van der Waals surface area (Å²) in [6.07, 6.45) is 3.54. The van der Waals surface area contributed by atoms with E-state index >= 15 is 0 Å². The molecule has 2 heterocycles. The average molecular weight is 343 g/mol. The maximum atomic E-state index is 12.1. The number of amides is 1. The summed E-state index contributed by atoms with van der Waals surface area (Å²) in [6, 6.07) is 10.1. The fourth-order valence-corrected chi connectivity index (χ4v) is 2.65. The fourth-order valence-electron chi connectivity index (χ4n) is 2.65. The maximum Gasteiger partial charge on any atom is 0.276 e. The van der Waals surface area contributed by atoms with Crippen molar-refractivity contribution < 1.29 is 14.3 Å². The molecule has 1 aliphatic heterocycles. The monoisotopic (exact) mass is 343 g/mol. The summed E-state index contributed by atoms with van der Waals surface area (Å²) in [4.78, 5) is 23.1. The average Bonchev–Trinajstić information content (AvgIpc) is 2.63. The van der Waals surface area contributed by atoms with Gasteiger partial charge in [-0.05, 0) is 43.0 Å². The number of aromatic amines is 1. The van der Waals surface area contributed by atoms with Crippen LogP contribution in [0.4, 0.5) is 5.69 Å². The van der Waals surface area contributed by atoms with E-state index in [0.29, 0.717) is 18.9 Å². The second-order valence-corrected chi connectivity index (χ2v) is 5.96. The number of nitrogens with one attached hydrogen (secondary N) is 2. The van der Waals surface area contributed by atoms with Crippen molar-refractivity contribution in [3.63, 3.8) is 0 Å². The Morgan fingerprint density at radius 3 is 3.00 bits per heavy atom. The highest BCUT2D eigenvalue weighted by Crippen LogP contribution is 2.15. The third-order valence-corrected chi connectivity index (χ3v) is 3.94. The predicted octanol–water partition coefficient (Wildman–Crippen LogP) is 2.11. The van der Waals surface area contributed by atoms with Crippen LogP contribution in [0.3, 0.4) is 0 Å². The van der Waals surface area contributed by atoms with Gasteiger partial charge in [0, 0.05) is 18.4 Å². The Morgan fingerprint density at radius 1 is 1.32 bits per heavy atom. The third-order valence-electron chi connectivity index (χ3n) is 3.94. The van der Waals surface area contributed by atoms with Crippen molar-refractivity contribution in [2.24, 2.45) is 0 Å². The summed E-state index contributed by atoms with van der Waals surface area (Å²) in [6.45, 7) is 1.85. The number of hydrogen-bond acceptors (Lipinski definition) is 5. The van der Waals surface area contributed by atoms with Gasteiger partial charge < -0.3 is 14.8 Å². The number of rotatable bonds is 6. The number of anilines is 1. The maximum absolute atomic E-state index is 12.1. The van der Waals surface area contributed by atoms with Gasteiger partial charge in [0.1, 0.15) is 5.69 Å². The Bertz CT molecular complexity index is 748. The van der Waals surface area contributed by atoms with Crippen molar-refractivity contribution >= 4 is 11.6 Å². The second-order valence-electron chi connectivity index (χ2n) is 5.96. The van der Waals surface area contributed by atoms with Crippen LogP contribution in [0.5, 0.6) is 0 Å². The molecule has 3 rings (SSSR count). The highest BCUT2D eigenvalue weighted by atomic mass is 16.5. The van der Waals surface area contributed by atoms with Gasteiger partial charge in [0.25, 0.3) is 11.5 Å². The predicted molar refractivity (Wildman–Crippen MR) is 92.5 cm³/mol. The lowest BCUT2D eigenvalue weighted by Crippen LogP contribution is -2.24. The van der Waals surface area contributed by atoms with E-state index in [1.165, 1.54) is 18.6 Å². The zero-order valence-corrected chi connectivity index (χ0v) is 13.9. The van der Waals surface area contributed by atoms with E-state index in [9.17, 15) is 9.59 Å². The Morgan fingerprint density at radius 2 is 2.24 bits per heavy atom. The zero-order chi connectivity index (χ0) is 17.5. The van der Waals surface area contributed by atoms with Gasteiger partial charge in [-0.3, -0.25) is 9.59 Å². The molecule has 1 saturated heterocycles. The standard InChI is InChI=1S/C18H21N3O4/c22-17-8-7-16(20-21-17)18(23)19-14-5-3-4-13(10-14)11-24-12-15-6-1-2-9-25-15/h3-5,7-8,10,15H,1-2,6,9,11-12H2,(H,19,23)(H,21,22)/t15-/m0/s1. The number of H-pyrrole nitrogens is 1. The number of carbonyl (C=O) groups excluding carboxylic acids is 1. The minimum absolute atomic E-state index is 0.149. The molecule has 1 aliphatic rings. The third kappa shape index (κ3) is 5.23. The van der Waals surface area contributed by atoms with Gasteiger partial charge >= 0.3 is 0 Å². The van der Waals surface area contributed by atoms with E-state index in [0.717, 1.165) is 25.0 Å². The molecule has 2 aromatic rings. The summed E-state index contributed by atoms with van der Waals surface area (Å²) < 4.78 is 11.4. The van der Waals surface area contributed by atoms with E-state index in [2.05, 4.69) is 15.5 Å². The summed E-state index contributed by atoms with van der Waals surface area (Å²) in [7, 11) is 0. The number of carbonyl (C=O) groups is 1. The van der Waals surface area contributed by atoms with Crippen LogP contribution in [-0.4, -0.2) is 35.4 Å². The number of benzene rings is 1. The van der Waals surface area contributed by atoms with Gasteiger partial charge in [-0.2, -0.15) is 5.10 Å². The highest BCUT2D eigenvalue weighted by Gasteiger charge is 2.14. The first-order valence-corrected chi connectivity index (χ1v) is 8.36. The minimum atomic E-state index is -0.384. The summed E-state index contributed by atoms with van der Waals surface area (Å²) >= 11 is 0. The van der Waals surface area contributed by atoms with Crippen LogP contribution in [0.2, 0.25) is 0 Å². The molecule has 7 heteroatoms. The van der Waals surface area contributed by atoms with Crippen LogP contribution in [0, 0.1) is 0 Å². The van der Waals surface area contributed by atoms with Crippen molar-refractivity contribution in [1.82, 2.24) is 10.2 Å². The summed E-state index contributed by atoms with van der Waals surface area (Å²) in [5.41, 5.74) is 1.41. The van der Waals surface area contributed by atoms with E-state index in [-0.39, 0.29) is 23.3 Å². The smallest absolute Gasteiger partial charge is 0.276 e. The second kappa shape index (κ2) is 8.55. The lowest BCUT2D eigenvalue weighted by molar-refractivity contribution is -0.0447. The van der Waals surface area contributed by atoms with Gasteiger partial charge in [-0.25, -0.2) is 5.10 Å². The Hall–Kier alpha value is -2.51. The summed E-state index contributed by atoms with van der Waals surface area (Å²) in [5.74, 6) is -0.384. The lowest BCUT2D eigenvalue weighted by atomic mass is 10.1. The first-order valence-electron chi connectivity index (χ1n) is 8.36. The number of aromatic nitrogens is 2. The van der Waals surface area contributed by atoms with Crippen LogP contribution in [0.1, 0.15) is 35.3 Å². The van der Waals surface area contributed by atoms with Crippen LogP contribution in [0.25, 0.3) is 0 Å². The summed E-state index contributed by atoms with van der Waals surface area (Å²) in [5, 5.41) is 8.70. The van der Waals surface area contributed by atoms with Crippen molar-refractivity contribution in [1.29, 1.82) is 0 Å². The van der Waals surface area contributed by atoms with Crippen LogP contribution < -0.4 is 10.9 Å². The van der Waals surface area contributed by atoms with Gasteiger partial charge in [0.15, 0.2) is 0 Å². The van der Waals surface area contributed by atoms with Crippen molar-refractivity contribution in [2.45, 2.75) is 32.0 Å². The Kier molecular flexibility index (Phi) is 5.92. The molecule has 132 valence electrons. The van der Waals surface area contributed by atoms with Crippen LogP contribution in [0.15, 0.2) is 41.2 Å². The van der Waals surface area contributed by atoms with Crippen LogP contribution in [-0.2, 0) is 16.1 Å². The minimum Gasteiger partial charge on any atom is -0.376 e. The van der Waals surface area contributed by atoms with Crippen molar-refractivity contribution in [3.05, 3.63) is 58.0 Å². The molecule has 0 saturated carbocycles. The molecule has 0 spiro atoms. The molecular weight excluding hydrogens is 322 g/mol. The number of hydrogen-bond donors (Lipinski definition) is 2. The topological polar surface area (TPSA) is 93.3 Å². The van der Waals surface area contributed by atoms with E-state index in [4.69, 9.17) is 9.47 Å². The Balaban J connectivity index is 1.52. The van der Waals surface area contributed by atoms with Gasteiger partial charge in [0.05, 0.1) is 19.3 Å². The zero-order valence-electron chi connectivity index (χ0n) is 13.9. The van der Waals surface area contributed by atoms with Crippen LogP contribution >= 0.6 is 0 Å².